The topological polar surface area (TPSA) is 35.2 Å². The fourth-order valence-corrected chi connectivity index (χ4v) is 1.88. The molecule has 2 rings (SSSR count). The molecule has 1 atom stereocenters. The van der Waals surface area contributed by atoms with Gasteiger partial charge >= 0.3 is 0 Å². The molecule has 1 aromatic rings. The van der Waals surface area contributed by atoms with Crippen LogP contribution < -0.4 is 10.5 Å². The number of ether oxygens (including phenoxy) is 1. The third-order valence-electron chi connectivity index (χ3n) is 2.97. The molecule has 1 aromatic carbocycles. The van der Waals surface area contributed by atoms with Gasteiger partial charge in [-0.15, -0.1) is 12.4 Å². The summed E-state index contributed by atoms with van der Waals surface area (Å²) in [5.41, 5.74) is 5.78. The normalized spacial score (nSPS) is 16.2. The van der Waals surface area contributed by atoms with Gasteiger partial charge in [0.25, 0.3) is 0 Å². The van der Waals surface area contributed by atoms with Crippen molar-refractivity contribution in [1.29, 1.82) is 0 Å². The van der Waals surface area contributed by atoms with Crippen molar-refractivity contribution in [2.24, 2.45) is 11.7 Å². The predicted octanol–water partition coefficient (Wildman–Crippen LogP) is 3.20. The Morgan fingerprint density at radius 1 is 1.41 bits per heavy atom. The van der Waals surface area contributed by atoms with E-state index >= 15 is 0 Å². The van der Waals surface area contributed by atoms with E-state index in [4.69, 9.17) is 10.5 Å². The van der Waals surface area contributed by atoms with E-state index < -0.39 is 17.7 Å². The fourth-order valence-electron chi connectivity index (χ4n) is 1.88. The summed E-state index contributed by atoms with van der Waals surface area (Å²) >= 11 is 0. The molecule has 1 saturated carbocycles. The average Bonchev–Trinajstić information content (AvgIpc) is 3.02. The molecule has 96 valence electrons. The van der Waals surface area contributed by atoms with Gasteiger partial charge in [0.05, 0.1) is 7.11 Å². The van der Waals surface area contributed by atoms with Crippen LogP contribution in [0.25, 0.3) is 0 Å². The predicted molar refractivity (Wildman–Crippen MR) is 64.4 cm³/mol. The lowest BCUT2D eigenvalue weighted by atomic mass is 10.0. The lowest BCUT2D eigenvalue weighted by molar-refractivity contribution is 0.376. The van der Waals surface area contributed by atoms with Crippen LogP contribution in [0.5, 0.6) is 5.75 Å². The molecule has 1 aliphatic carbocycles. The van der Waals surface area contributed by atoms with E-state index in [1.165, 1.54) is 19.2 Å². The van der Waals surface area contributed by atoms with E-state index in [-0.39, 0.29) is 23.7 Å². The van der Waals surface area contributed by atoms with E-state index in [0.29, 0.717) is 12.3 Å². The van der Waals surface area contributed by atoms with Gasteiger partial charge in [0.1, 0.15) is 5.82 Å². The standard InChI is InChI=1S/C12H15F2NO.ClH/c1-16-10-5-4-8(13)11(12(10)14)9(15)6-7-2-3-7;/h4-5,7,9H,2-3,6,15H2,1H3;1H/t9-;/m0./s1. The summed E-state index contributed by atoms with van der Waals surface area (Å²) < 4.78 is 32.1. The smallest absolute Gasteiger partial charge is 0.172 e. The van der Waals surface area contributed by atoms with Crippen molar-refractivity contribution in [3.05, 3.63) is 29.3 Å². The second kappa shape index (κ2) is 5.65. The molecule has 0 heterocycles. The Morgan fingerprint density at radius 3 is 2.59 bits per heavy atom. The number of benzene rings is 1. The fraction of sp³-hybridized carbons (Fsp3) is 0.500. The summed E-state index contributed by atoms with van der Waals surface area (Å²) in [6.07, 6.45) is 2.86. The van der Waals surface area contributed by atoms with Crippen LogP contribution in [0.3, 0.4) is 0 Å². The van der Waals surface area contributed by atoms with Gasteiger partial charge in [-0.3, -0.25) is 0 Å². The molecule has 0 unspecified atom stereocenters. The van der Waals surface area contributed by atoms with Crippen LogP contribution in [0.4, 0.5) is 8.78 Å². The molecule has 2 nitrogen and oxygen atoms in total. The quantitative estimate of drug-likeness (QED) is 0.905. The maximum absolute atomic E-state index is 13.8. The van der Waals surface area contributed by atoms with Gasteiger partial charge in [0.2, 0.25) is 0 Å². The Morgan fingerprint density at radius 2 is 2.06 bits per heavy atom. The van der Waals surface area contributed by atoms with Crippen molar-refractivity contribution in [3.63, 3.8) is 0 Å². The summed E-state index contributed by atoms with van der Waals surface area (Å²) in [6, 6.07) is 1.89. The van der Waals surface area contributed by atoms with Crippen LogP contribution in [-0.2, 0) is 0 Å². The van der Waals surface area contributed by atoms with Gasteiger partial charge in [0, 0.05) is 11.6 Å². The Hall–Kier alpha value is -0.870. The molecule has 0 amide bonds. The maximum atomic E-state index is 13.8. The SMILES string of the molecule is COc1ccc(F)c([C@@H](N)CC2CC2)c1F.Cl. The second-order valence-electron chi connectivity index (χ2n) is 4.26. The zero-order valence-corrected chi connectivity index (χ0v) is 10.4. The summed E-state index contributed by atoms with van der Waals surface area (Å²) in [4.78, 5) is 0. The van der Waals surface area contributed by atoms with E-state index in [1.807, 2.05) is 0 Å². The summed E-state index contributed by atoms with van der Waals surface area (Å²) in [7, 11) is 1.35. The lowest BCUT2D eigenvalue weighted by Gasteiger charge is -2.15. The molecular formula is C12H16ClF2NO. The molecule has 0 aliphatic heterocycles. The molecule has 0 radical (unpaired) electrons. The van der Waals surface area contributed by atoms with Crippen molar-refractivity contribution in [2.75, 3.05) is 7.11 Å². The molecule has 0 aromatic heterocycles. The first-order valence-electron chi connectivity index (χ1n) is 5.41. The third-order valence-corrected chi connectivity index (χ3v) is 2.97. The first-order chi connectivity index (χ1) is 7.63. The maximum Gasteiger partial charge on any atom is 0.172 e. The Kier molecular flexibility index (Phi) is 4.71. The summed E-state index contributed by atoms with van der Waals surface area (Å²) in [6.45, 7) is 0. The van der Waals surface area contributed by atoms with Crippen LogP contribution in [0.15, 0.2) is 12.1 Å². The minimum atomic E-state index is -0.671. The van der Waals surface area contributed by atoms with E-state index in [2.05, 4.69) is 0 Å². The van der Waals surface area contributed by atoms with Gasteiger partial charge in [-0.25, -0.2) is 8.78 Å². The highest BCUT2D eigenvalue weighted by atomic mass is 35.5. The summed E-state index contributed by atoms with van der Waals surface area (Å²) in [5, 5.41) is 0. The van der Waals surface area contributed by atoms with Crippen LogP contribution in [0, 0.1) is 17.6 Å². The second-order valence-corrected chi connectivity index (χ2v) is 4.26. The van der Waals surface area contributed by atoms with Crippen molar-refractivity contribution in [3.8, 4) is 5.75 Å². The van der Waals surface area contributed by atoms with E-state index in [1.54, 1.807) is 0 Å². The highest BCUT2D eigenvalue weighted by Gasteiger charge is 2.28. The number of nitrogens with two attached hydrogens (primary N) is 1. The molecule has 17 heavy (non-hydrogen) atoms. The minimum absolute atomic E-state index is 0. The van der Waals surface area contributed by atoms with Crippen molar-refractivity contribution in [2.45, 2.75) is 25.3 Å². The molecule has 0 spiro atoms. The Balaban J connectivity index is 0.00000144. The van der Waals surface area contributed by atoms with Crippen molar-refractivity contribution in [1.82, 2.24) is 0 Å². The molecule has 5 heteroatoms. The van der Waals surface area contributed by atoms with E-state index in [9.17, 15) is 8.78 Å². The Bertz CT molecular complexity index is 396. The monoisotopic (exact) mass is 263 g/mol. The first kappa shape index (κ1) is 14.2. The van der Waals surface area contributed by atoms with Gasteiger partial charge in [-0.2, -0.15) is 0 Å². The first-order valence-corrected chi connectivity index (χ1v) is 5.41. The highest BCUT2D eigenvalue weighted by molar-refractivity contribution is 5.85. The molecule has 1 fully saturated rings. The van der Waals surface area contributed by atoms with E-state index in [0.717, 1.165) is 12.8 Å². The number of rotatable bonds is 4. The number of halogens is 3. The molecule has 1 aliphatic rings. The zero-order chi connectivity index (χ0) is 11.7. The number of hydrogen-bond acceptors (Lipinski definition) is 2. The largest absolute Gasteiger partial charge is 0.494 e. The molecule has 0 saturated heterocycles. The van der Waals surface area contributed by atoms with Crippen molar-refractivity contribution < 1.29 is 13.5 Å². The van der Waals surface area contributed by atoms with Crippen LogP contribution >= 0.6 is 12.4 Å². The van der Waals surface area contributed by atoms with Gasteiger partial charge in [-0.1, -0.05) is 12.8 Å². The van der Waals surface area contributed by atoms with Crippen LogP contribution in [0.2, 0.25) is 0 Å². The van der Waals surface area contributed by atoms with Crippen LogP contribution in [-0.4, -0.2) is 7.11 Å². The summed E-state index contributed by atoms with van der Waals surface area (Å²) in [5.74, 6) is -0.690. The molecule has 2 N–H and O–H groups in total. The van der Waals surface area contributed by atoms with Gasteiger partial charge < -0.3 is 10.5 Å². The number of methoxy groups -OCH3 is 1. The average molecular weight is 264 g/mol. The van der Waals surface area contributed by atoms with Crippen LogP contribution in [0.1, 0.15) is 30.9 Å². The minimum Gasteiger partial charge on any atom is -0.494 e. The van der Waals surface area contributed by atoms with Gasteiger partial charge in [0.15, 0.2) is 11.6 Å². The number of hydrogen-bond donors (Lipinski definition) is 1. The van der Waals surface area contributed by atoms with Crippen molar-refractivity contribution >= 4 is 12.4 Å². The third kappa shape index (κ3) is 3.07. The Labute approximate surface area is 106 Å². The molecular weight excluding hydrogens is 248 g/mol. The molecule has 0 bridgehead atoms. The van der Waals surface area contributed by atoms with Gasteiger partial charge in [-0.05, 0) is 24.5 Å². The zero-order valence-electron chi connectivity index (χ0n) is 9.58. The highest BCUT2D eigenvalue weighted by Crippen LogP contribution is 2.38. The lowest BCUT2D eigenvalue weighted by Crippen LogP contribution is -2.15.